The Balaban J connectivity index is 2.05. The molecule has 0 aromatic carbocycles. The number of carbonyl (C=O) groups excluding carboxylic acids is 1. The summed E-state index contributed by atoms with van der Waals surface area (Å²) < 4.78 is 9.90. The molecule has 1 amide bonds. The Bertz CT molecular complexity index is 433. The van der Waals surface area contributed by atoms with Crippen LogP contribution in [0.2, 0.25) is 0 Å². The van der Waals surface area contributed by atoms with E-state index in [1.54, 1.807) is 18.2 Å². The van der Waals surface area contributed by atoms with E-state index in [-0.39, 0.29) is 12.5 Å². The van der Waals surface area contributed by atoms with Gasteiger partial charge in [0.05, 0.1) is 24.7 Å². The summed E-state index contributed by atoms with van der Waals surface area (Å²) in [6, 6.07) is 4.39. The molecule has 0 spiro atoms. The van der Waals surface area contributed by atoms with Crippen molar-refractivity contribution in [3.05, 3.63) is 48.3 Å². The number of carbonyl (C=O) groups is 1. The van der Waals surface area contributed by atoms with Crippen LogP contribution < -0.4 is 5.32 Å². The predicted octanol–water partition coefficient (Wildman–Crippen LogP) is 1.34. The van der Waals surface area contributed by atoms with Crippen LogP contribution in [0.25, 0.3) is 0 Å². The Kier molecular flexibility index (Phi) is 3.07. The smallest absolute Gasteiger partial charge is 0.255 e. The topological polar surface area (TPSA) is 75.6 Å². The molecule has 2 aromatic rings. The minimum Gasteiger partial charge on any atom is -0.472 e. The molecule has 16 heavy (non-hydrogen) atoms. The third kappa shape index (κ3) is 2.14. The molecule has 1 atom stereocenters. The molecule has 1 unspecified atom stereocenters. The van der Waals surface area contributed by atoms with E-state index in [0.29, 0.717) is 11.3 Å². The van der Waals surface area contributed by atoms with Crippen molar-refractivity contribution in [3.8, 4) is 0 Å². The van der Waals surface area contributed by atoms with Crippen LogP contribution in [0.5, 0.6) is 0 Å². The van der Waals surface area contributed by atoms with E-state index in [0.717, 1.165) is 0 Å². The van der Waals surface area contributed by atoms with Gasteiger partial charge in [0, 0.05) is 0 Å². The van der Waals surface area contributed by atoms with Gasteiger partial charge in [-0.3, -0.25) is 4.79 Å². The third-order valence-corrected chi connectivity index (χ3v) is 2.16. The molecular formula is C11H11NO4. The maximum atomic E-state index is 11.6. The molecule has 5 heteroatoms. The van der Waals surface area contributed by atoms with Crippen LogP contribution in [0.1, 0.15) is 22.2 Å². The van der Waals surface area contributed by atoms with Crippen molar-refractivity contribution in [2.45, 2.75) is 6.04 Å². The number of nitrogens with one attached hydrogen (secondary N) is 1. The molecule has 2 aromatic heterocycles. The molecule has 2 N–H and O–H groups in total. The molecule has 0 saturated heterocycles. The molecular weight excluding hydrogens is 210 g/mol. The molecule has 2 heterocycles. The summed E-state index contributed by atoms with van der Waals surface area (Å²) in [7, 11) is 0. The first kappa shape index (κ1) is 10.5. The fraction of sp³-hybridized carbons (Fsp3) is 0.182. The highest BCUT2D eigenvalue weighted by Crippen LogP contribution is 2.13. The summed E-state index contributed by atoms with van der Waals surface area (Å²) in [5, 5.41) is 11.8. The summed E-state index contributed by atoms with van der Waals surface area (Å²) >= 11 is 0. The molecule has 2 rings (SSSR count). The summed E-state index contributed by atoms with van der Waals surface area (Å²) in [6.45, 7) is -0.225. The van der Waals surface area contributed by atoms with Gasteiger partial charge < -0.3 is 19.3 Å². The fourth-order valence-corrected chi connectivity index (χ4v) is 1.33. The van der Waals surface area contributed by atoms with Gasteiger partial charge in [-0.15, -0.1) is 0 Å². The van der Waals surface area contributed by atoms with Crippen LogP contribution in [0.4, 0.5) is 0 Å². The quantitative estimate of drug-likeness (QED) is 0.816. The van der Waals surface area contributed by atoms with E-state index in [1.807, 2.05) is 0 Å². The maximum absolute atomic E-state index is 11.6. The van der Waals surface area contributed by atoms with Crippen molar-refractivity contribution in [3.63, 3.8) is 0 Å². The van der Waals surface area contributed by atoms with Crippen molar-refractivity contribution in [1.29, 1.82) is 0 Å². The van der Waals surface area contributed by atoms with E-state index < -0.39 is 6.04 Å². The summed E-state index contributed by atoms with van der Waals surface area (Å²) in [5.41, 5.74) is 0.407. The largest absolute Gasteiger partial charge is 0.472 e. The molecule has 0 bridgehead atoms. The second-order valence-electron chi connectivity index (χ2n) is 3.24. The van der Waals surface area contributed by atoms with Crippen molar-refractivity contribution in [2.24, 2.45) is 0 Å². The van der Waals surface area contributed by atoms with Crippen molar-refractivity contribution >= 4 is 5.91 Å². The van der Waals surface area contributed by atoms with E-state index >= 15 is 0 Å². The lowest BCUT2D eigenvalue weighted by molar-refractivity contribution is 0.0906. The molecule has 0 aliphatic heterocycles. The van der Waals surface area contributed by atoms with Crippen LogP contribution in [-0.2, 0) is 0 Å². The average molecular weight is 221 g/mol. The molecule has 5 nitrogen and oxygen atoms in total. The zero-order chi connectivity index (χ0) is 11.4. The minimum absolute atomic E-state index is 0.225. The molecule has 84 valence electrons. The Hall–Kier alpha value is -2.01. The maximum Gasteiger partial charge on any atom is 0.255 e. The highest BCUT2D eigenvalue weighted by atomic mass is 16.3. The van der Waals surface area contributed by atoms with Crippen LogP contribution in [0.15, 0.2) is 45.8 Å². The number of aliphatic hydroxyl groups is 1. The zero-order valence-electron chi connectivity index (χ0n) is 8.42. The Morgan fingerprint density at radius 3 is 2.88 bits per heavy atom. The van der Waals surface area contributed by atoms with Crippen molar-refractivity contribution in [2.75, 3.05) is 6.61 Å². The Labute approximate surface area is 91.7 Å². The van der Waals surface area contributed by atoms with Gasteiger partial charge in [-0.25, -0.2) is 0 Å². The van der Waals surface area contributed by atoms with Gasteiger partial charge in [-0.1, -0.05) is 0 Å². The van der Waals surface area contributed by atoms with Crippen LogP contribution in [-0.4, -0.2) is 17.6 Å². The van der Waals surface area contributed by atoms with E-state index in [4.69, 9.17) is 13.9 Å². The highest BCUT2D eigenvalue weighted by Gasteiger charge is 2.17. The van der Waals surface area contributed by atoms with E-state index in [2.05, 4.69) is 5.32 Å². The second kappa shape index (κ2) is 4.67. The monoisotopic (exact) mass is 221 g/mol. The normalized spacial score (nSPS) is 12.3. The third-order valence-electron chi connectivity index (χ3n) is 2.16. The van der Waals surface area contributed by atoms with E-state index in [9.17, 15) is 4.79 Å². The number of hydrogen-bond acceptors (Lipinski definition) is 4. The average Bonchev–Trinajstić information content (AvgIpc) is 2.96. The lowest BCUT2D eigenvalue weighted by Crippen LogP contribution is -2.30. The van der Waals surface area contributed by atoms with Gasteiger partial charge in [0.25, 0.3) is 5.91 Å². The minimum atomic E-state index is -0.544. The fourth-order valence-electron chi connectivity index (χ4n) is 1.33. The summed E-state index contributed by atoms with van der Waals surface area (Å²) in [6.07, 6.45) is 4.24. The predicted molar refractivity (Wildman–Crippen MR) is 54.7 cm³/mol. The lowest BCUT2D eigenvalue weighted by atomic mass is 10.2. The Morgan fingerprint density at radius 1 is 1.44 bits per heavy atom. The lowest BCUT2D eigenvalue weighted by Gasteiger charge is -2.12. The standard InChI is InChI=1S/C11H11NO4/c13-6-9(10-2-1-4-16-10)12-11(14)8-3-5-15-7-8/h1-5,7,9,13H,6H2,(H,12,14). The van der Waals surface area contributed by atoms with Crippen LogP contribution in [0.3, 0.4) is 0 Å². The molecule has 0 aliphatic rings. The van der Waals surface area contributed by atoms with Crippen molar-refractivity contribution < 1.29 is 18.7 Å². The van der Waals surface area contributed by atoms with Gasteiger partial charge in [0.15, 0.2) is 0 Å². The summed E-state index contributed by atoms with van der Waals surface area (Å²) in [4.78, 5) is 11.6. The second-order valence-corrected chi connectivity index (χ2v) is 3.24. The van der Waals surface area contributed by atoms with Gasteiger partial charge in [0.1, 0.15) is 18.1 Å². The van der Waals surface area contributed by atoms with Gasteiger partial charge in [0.2, 0.25) is 0 Å². The first-order valence-corrected chi connectivity index (χ1v) is 4.78. The van der Waals surface area contributed by atoms with Crippen molar-refractivity contribution in [1.82, 2.24) is 5.32 Å². The van der Waals surface area contributed by atoms with E-state index in [1.165, 1.54) is 18.8 Å². The molecule has 0 radical (unpaired) electrons. The summed E-state index contributed by atoms with van der Waals surface area (Å²) in [5.74, 6) is 0.198. The molecule has 0 aliphatic carbocycles. The molecule has 0 saturated carbocycles. The van der Waals surface area contributed by atoms with Crippen LogP contribution in [0, 0.1) is 0 Å². The number of amides is 1. The SMILES string of the molecule is O=C(NC(CO)c1ccco1)c1ccoc1. The number of hydrogen-bond donors (Lipinski definition) is 2. The van der Waals surface area contributed by atoms with Gasteiger partial charge in [-0.2, -0.15) is 0 Å². The van der Waals surface area contributed by atoms with Gasteiger partial charge in [-0.05, 0) is 18.2 Å². The zero-order valence-corrected chi connectivity index (χ0v) is 8.42. The first-order chi connectivity index (χ1) is 7.81. The Morgan fingerprint density at radius 2 is 2.31 bits per heavy atom. The highest BCUT2D eigenvalue weighted by molar-refractivity contribution is 5.93. The van der Waals surface area contributed by atoms with Crippen LogP contribution >= 0.6 is 0 Å². The van der Waals surface area contributed by atoms with Gasteiger partial charge >= 0.3 is 0 Å². The first-order valence-electron chi connectivity index (χ1n) is 4.78. The molecule has 0 fully saturated rings. The number of furan rings is 2. The number of aliphatic hydroxyl groups excluding tert-OH is 1. The number of rotatable bonds is 4.